The summed E-state index contributed by atoms with van der Waals surface area (Å²) in [5.41, 5.74) is 0.545. The molecule has 1 N–H and O–H groups in total. The molecule has 2 heterocycles. The molecule has 3 rings (SSSR count). The van der Waals surface area contributed by atoms with Gasteiger partial charge in [-0.05, 0) is 41.8 Å². The van der Waals surface area contributed by atoms with Crippen molar-refractivity contribution in [3.05, 3.63) is 58.5 Å². The Morgan fingerprint density at radius 1 is 1.04 bits per heavy atom. The van der Waals surface area contributed by atoms with Crippen molar-refractivity contribution in [2.75, 3.05) is 31.5 Å². The minimum absolute atomic E-state index is 0.0491. The zero-order valence-corrected chi connectivity index (χ0v) is 14.3. The number of anilines is 1. The number of piperazine rings is 1. The van der Waals surface area contributed by atoms with Gasteiger partial charge in [-0.1, -0.05) is 6.07 Å². The summed E-state index contributed by atoms with van der Waals surface area (Å²) in [7, 11) is 0. The van der Waals surface area contributed by atoms with Crippen LogP contribution in [0.25, 0.3) is 6.08 Å². The summed E-state index contributed by atoms with van der Waals surface area (Å²) in [6.07, 6.45) is 3.38. The fourth-order valence-electron chi connectivity index (χ4n) is 2.51. The summed E-state index contributed by atoms with van der Waals surface area (Å²) in [6.45, 7) is 1.91. The Morgan fingerprint density at radius 3 is 2.36 bits per heavy atom. The topological polar surface area (TPSA) is 52.7 Å². The van der Waals surface area contributed by atoms with Gasteiger partial charge < -0.3 is 15.1 Å². The van der Waals surface area contributed by atoms with Crippen molar-refractivity contribution in [3.8, 4) is 0 Å². The number of hydrogen-bond donors (Lipinski definition) is 1. The van der Waals surface area contributed by atoms with Crippen molar-refractivity contribution in [2.24, 2.45) is 0 Å². The van der Waals surface area contributed by atoms with Crippen LogP contribution in [0, 0.1) is 5.82 Å². The lowest BCUT2D eigenvalue weighted by atomic mass is 10.3. The van der Waals surface area contributed by atoms with Crippen molar-refractivity contribution in [3.63, 3.8) is 0 Å². The minimum atomic E-state index is -0.347. The molecule has 0 saturated carbocycles. The third kappa shape index (κ3) is 4.67. The van der Waals surface area contributed by atoms with E-state index in [1.165, 1.54) is 24.3 Å². The number of nitrogens with zero attached hydrogens (tertiary/aromatic N) is 2. The van der Waals surface area contributed by atoms with Crippen LogP contribution in [0.4, 0.5) is 14.9 Å². The van der Waals surface area contributed by atoms with Crippen LogP contribution in [0.5, 0.6) is 0 Å². The predicted octanol–water partition coefficient (Wildman–Crippen LogP) is 3.28. The van der Waals surface area contributed by atoms with Crippen molar-refractivity contribution < 1.29 is 14.0 Å². The highest BCUT2D eigenvalue weighted by Gasteiger charge is 2.23. The molecule has 130 valence electrons. The van der Waals surface area contributed by atoms with Gasteiger partial charge >= 0.3 is 6.03 Å². The standard InChI is InChI=1S/C18H18FN3O2S/c19-14-3-5-15(6-4-14)20-18(24)22-11-9-21(10-12-22)17(23)8-7-16-2-1-13-25-16/h1-8,13H,9-12H2,(H,20,24). The molecule has 0 unspecified atom stereocenters. The summed E-state index contributed by atoms with van der Waals surface area (Å²) >= 11 is 1.58. The van der Waals surface area contributed by atoms with Gasteiger partial charge in [0.05, 0.1) is 0 Å². The van der Waals surface area contributed by atoms with Gasteiger partial charge in [-0.3, -0.25) is 4.79 Å². The van der Waals surface area contributed by atoms with E-state index in [9.17, 15) is 14.0 Å². The summed E-state index contributed by atoms with van der Waals surface area (Å²) in [4.78, 5) is 28.8. The van der Waals surface area contributed by atoms with Crippen molar-refractivity contribution in [1.82, 2.24) is 9.80 Å². The lowest BCUT2D eigenvalue weighted by Gasteiger charge is -2.34. The fraction of sp³-hybridized carbons (Fsp3) is 0.222. The molecule has 0 radical (unpaired) electrons. The number of halogens is 1. The van der Waals surface area contributed by atoms with Crippen LogP contribution < -0.4 is 5.32 Å². The largest absolute Gasteiger partial charge is 0.336 e. The summed E-state index contributed by atoms with van der Waals surface area (Å²) in [5, 5.41) is 4.69. The molecule has 1 saturated heterocycles. The van der Waals surface area contributed by atoms with Gasteiger partial charge in [0, 0.05) is 42.8 Å². The Morgan fingerprint density at radius 2 is 1.72 bits per heavy atom. The van der Waals surface area contributed by atoms with Crippen LogP contribution in [0.3, 0.4) is 0 Å². The molecule has 0 spiro atoms. The van der Waals surface area contributed by atoms with Crippen molar-refractivity contribution >= 4 is 35.0 Å². The molecule has 0 atom stereocenters. The van der Waals surface area contributed by atoms with Gasteiger partial charge in [0.1, 0.15) is 5.82 Å². The van der Waals surface area contributed by atoms with Crippen LogP contribution in [0.2, 0.25) is 0 Å². The van der Waals surface area contributed by atoms with Gasteiger partial charge in [-0.15, -0.1) is 11.3 Å². The zero-order chi connectivity index (χ0) is 17.6. The summed E-state index contributed by atoms with van der Waals surface area (Å²) in [6, 6.07) is 9.27. The van der Waals surface area contributed by atoms with Gasteiger partial charge in [0.15, 0.2) is 0 Å². The Bertz CT molecular complexity index is 751. The average Bonchev–Trinajstić information content (AvgIpc) is 3.15. The van der Waals surface area contributed by atoms with E-state index < -0.39 is 0 Å². The van der Waals surface area contributed by atoms with E-state index >= 15 is 0 Å². The van der Waals surface area contributed by atoms with Crippen molar-refractivity contribution in [1.29, 1.82) is 0 Å². The van der Waals surface area contributed by atoms with E-state index in [0.29, 0.717) is 31.9 Å². The van der Waals surface area contributed by atoms with Gasteiger partial charge in [0.25, 0.3) is 0 Å². The lowest BCUT2D eigenvalue weighted by molar-refractivity contribution is -0.127. The summed E-state index contributed by atoms with van der Waals surface area (Å²) in [5.74, 6) is -0.396. The molecule has 0 bridgehead atoms. The average molecular weight is 359 g/mol. The Balaban J connectivity index is 1.48. The highest BCUT2D eigenvalue weighted by Crippen LogP contribution is 2.12. The van der Waals surface area contributed by atoms with Crippen LogP contribution >= 0.6 is 11.3 Å². The lowest BCUT2D eigenvalue weighted by Crippen LogP contribution is -2.51. The van der Waals surface area contributed by atoms with Gasteiger partial charge in [-0.25, -0.2) is 9.18 Å². The third-order valence-corrected chi connectivity index (χ3v) is 4.74. The number of amides is 3. The van der Waals surface area contributed by atoms with Crippen LogP contribution in [0.15, 0.2) is 47.9 Å². The molecule has 5 nitrogen and oxygen atoms in total. The number of benzene rings is 1. The minimum Gasteiger partial charge on any atom is -0.336 e. The van der Waals surface area contributed by atoms with Crippen LogP contribution in [0.1, 0.15) is 4.88 Å². The molecule has 0 aliphatic carbocycles. The maximum Gasteiger partial charge on any atom is 0.321 e. The van der Waals surface area contributed by atoms with E-state index in [4.69, 9.17) is 0 Å². The van der Waals surface area contributed by atoms with E-state index in [-0.39, 0.29) is 17.8 Å². The SMILES string of the molecule is O=C(C=Cc1cccs1)N1CCN(C(=O)Nc2ccc(F)cc2)CC1. The van der Waals surface area contributed by atoms with Gasteiger partial charge in [0.2, 0.25) is 5.91 Å². The first-order chi connectivity index (χ1) is 12.1. The fourth-order valence-corrected chi connectivity index (χ4v) is 3.13. The highest BCUT2D eigenvalue weighted by molar-refractivity contribution is 7.10. The van der Waals surface area contributed by atoms with Crippen LogP contribution in [-0.2, 0) is 4.79 Å². The number of rotatable bonds is 3. The number of hydrogen-bond acceptors (Lipinski definition) is 3. The predicted molar refractivity (Wildman–Crippen MR) is 96.9 cm³/mol. The maximum atomic E-state index is 12.9. The Hall–Kier alpha value is -2.67. The first kappa shape index (κ1) is 17.2. The zero-order valence-electron chi connectivity index (χ0n) is 13.5. The smallest absolute Gasteiger partial charge is 0.321 e. The molecule has 1 aromatic carbocycles. The Kier molecular flexibility index (Phi) is 5.45. The number of urea groups is 1. The number of nitrogens with one attached hydrogen (secondary N) is 1. The molecule has 7 heteroatoms. The quantitative estimate of drug-likeness (QED) is 0.855. The van der Waals surface area contributed by atoms with Crippen molar-refractivity contribution in [2.45, 2.75) is 0 Å². The number of carbonyl (C=O) groups excluding carboxylic acids is 2. The molecule has 1 aliphatic heterocycles. The molecule has 1 aliphatic rings. The normalized spacial score (nSPS) is 14.8. The molecule has 2 aromatic rings. The first-order valence-electron chi connectivity index (χ1n) is 7.94. The van der Waals surface area contributed by atoms with Gasteiger partial charge in [-0.2, -0.15) is 0 Å². The number of carbonyl (C=O) groups is 2. The second kappa shape index (κ2) is 7.94. The second-order valence-corrected chi connectivity index (χ2v) is 6.58. The number of thiophene rings is 1. The summed E-state index contributed by atoms with van der Waals surface area (Å²) < 4.78 is 12.9. The highest BCUT2D eigenvalue weighted by atomic mass is 32.1. The van der Waals surface area contributed by atoms with E-state index in [1.54, 1.807) is 33.3 Å². The second-order valence-electron chi connectivity index (χ2n) is 5.60. The third-order valence-electron chi connectivity index (χ3n) is 3.91. The molecule has 25 heavy (non-hydrogen) atoms. The van der Waals surface area contributed by atoms with E-state index in [2.05, 4.69) is 5.32 Å². The maximum absolute atomic E-state index is 12.9. The monoisotopic (exact) mass is 359 g/mol. The van der Waals surface area contributed by atoms with E-state index in [1.807, 2.05) is 17.5 Å². The van der Waals surface area contributed by atoms with E-state index in [0.717, 1.165) is 4.88 Å². The molecular weight excluding hydrogens is 341 g/mol. The molecule has 1 fully saturated rings. The van der Waals surface area contributed by atoms with Crippen LogP contribution in [-0.4, -0.2) is 47.9 Å². The Labute approximate surface area is 149 Å². The first-order valence-corrected chi connectivity index (χ1v) is 8.82. The molecule has 1 aromatic heterocycles. The molecular formula is C18H18FN3O2S. The molecule has 3 amide bonds.